The highest BCUT2D eigenvalue weighted by Gasteiger charge is 2.26. The first-order chi connectivity index (χ1) is 8.60. The van der Waals surface area contributed by atoms with Crippen LogP contribution in [0.3, 0.4) is 0 Å². The van der Waals surface area contributed by atoms with Crippen LogP contribution in [0.2, 0.25) is 0 Å². The van der Waals surface area contributed by atoms with Crippen LogP contribution in [-0.4, -0.2) is 61.0 Å². The number of ether oxygens (including phenoxy) is 1. The van der Waals surface area contributed by atoms with Crippen LogP contribution in [0.25, 0.3) is 0 Å². The fraction of sp³-hybridized carbons (Fsp3) is 0.846. The number of hydrogen-bond acceptors (Lipinski definition) is 4. The molecule has 0 radical (unpaired) electrons. The van der Waals surface area contributed by atoms with Crippen molar-refractivity contribution in [1.82, 2.24) is 9.80 Å². The zero-order valence-corrected chi connectivity index (χ0v) is 11.6. The Morgan fingerprint density at radius 1 is 1.28 bits per heavy atom. The molecule has 5 heteroatoms. The lowest BCUT2D eigenvalue weighted by molar-refractivity contribution is -0.150. The van der Waals surface area contributed by atoms with Crippen LogP contribution in [0, 0.1) is 0 Å². The molecule has 104 valence electrons. The molecular formula is C13H24N2O3. The van der Waals surface area contributed by atoms with Gasteiger partial charge in [-0.05, 0) is 33.2 Å². The second kappa shape index (κ2) is 7.36. The third kappa shape index (κ3) is 3.98. The summed E-state index contributed by atoms with van der Waals surface area (Å²) in [5, 5.41) is 0. The van der Waals surface area contributed by atoms with Gasteiger partial charge in [0.05, 0.1) is 13.2 Å². The number of esters is 1. The van der Waals surface area contributed by atoms with E-state index in [9.17, 15) is 9.59 Å². The molecule has 18 heavy (non-hydrogen) atoms. The minimum Gasteiger partial charge on any atom is -0.465 e. The van der Waals surface area contributed by atoms with Gasteiger partial charge in [0, 0.05) is 13.1 Å². The number of carbonyl (C=O) groups excluding carboxylic acids is 2. The third-order valence-corrected chi connectivity index (χ3v) is 3.32. The Balaban J connectivity index is 2.48. The summed E-state index contributed by atoms with van der Waals surface area (Å²) in [7, 11) is 1.80. The molecule has 0 aromatic carbocycles. The quantitative estimate of drug-likeness (QED) is 0.662. The molecule has 0 bridgehead atoms. The number of hydrogen-bond donors (Lipinski definition) is 0. The molecule has 1 atom stereocenters. The molecular weight excluding hydrogens is 232 g/mol. The van der Waals surface area contributed by atoms with Crippen molar-refractivity contribution in [3.05, 3.63) is 0 Å². The van der Waals surface area contributed by atoms with Gasteiger partial charge in [-0.15, -0.1) is 0 Å². The third-order valence-electron chi connectivity index (χ3n) is 3.32. The zero-order chi connectivity index (χ0) is 13.5. The van der Waals surface area contributed by atoms with Crippen LogP contribution in [0.4, 0.5) is 0 Å². The normalized spacial score (nSPS) is 17.0. The predicted molar refractivity (Wildman–Crippen MR) is 69.2 cm³/mol. The van der Waals surface area contributed by atoms with Gasteiger partial charge in [0.2, 0.25) is 5.91 Å². The van der Waals surface area contributed by atoms with Crippen LogP contribution in [0.1, 0.15) is 33.1 Å². The molecule has 1 amide bonds. The van der Waals surface area contributed by atoms with E-state index in [1.807, 2.05) is 11.8 Å². The fourth-order valence-corrected chi connectivity index (χ4v) is 2.29. The van der Waals surface area contributed by atoms with E-state index in [0.717, 1.165) is 25.9 Å². The average Bonchev–Trinajstić information content (AvgIpc) is 2.83. The van der Waals surface area contributed by atoms with Gasteiger partial charge >= 0.3 is 5.97 Å². The molecule has 1 fully saturated rings. The highest BCUT2D eigenvalue weighted by atomic mass is 16.5. The summed E-state index contributed by atoms with van der Waals surface area (Å²) < 4.78 is 5.02. The maximum Gasteiger partial charge on any atom is 0.323 e. The van der Waals surface area contributed by atoms with E-state index in [-0.39, 0.29) is 24.5 Å². The average molecular weight is 256 g/mol. The number of rotatable bonds is 6. The molecule has 1 aliphatic heterocycles. The van der Waals surface area contributed by atoms with Crippen LogP contribution in [-0.2, 0) is 14.3 Å². The summed E-state index contributed by atoms with van der Waals surface area (Å²) in [5.41, 5.74) is 0. The molecule has 0 spiro atoms. The van der Waals surface area contributed by atoms with E-state index >= 15 is 0 Å². The first kappa shape index (κ1) is 15.0. The molecule has 5 nitrogen and oxygen atoms in total. The minimum atomic E-state index is -0.323. The summed E-state index contributed by atoms with van der Waals surface area (Å²) in [6.07, 6.45) is 2.83. The highest BCUT2D eigenvalue weighted by Crippen LogP contribution is 2.10. The Bertz CT molecular complexity index is 288. The standard InChI is InChI=1S/C13H24N2O3/c1-4-11(13(17)18-5-2)14(3)10-12(16)15-8-6-7-9-15/h11H,4-10H2,1-3H3. The smallest absolute Gasteiger partial charge is 0.323 e. The Morgan fingerprint density at radius 3 is 2.39 bits per heavy atom. The first-order valence-corrected chi connectivity index (χ1v) is 6.74. The lowest BCUT2D eigenvalue weighted by Crippen LogP contribution is -2.45. The molecule has 1 saturated heterocycles. The zero-order valence-electron chi connectivity index (χ0n) is 11.6. The molecule has 1 unspecified atom stereocenters. The lowest BCUT2D eigenvalue weighted by Gasteiger charge is -2.26. The van der Waals surface area contributed by atoms with E-state index in [1.165, 1.54) is 0 Å². The van der Waals surface area contributed by atoms with Gasteiger partial charge in [-0.1, -0.05) is 6.92 Å². The van der Waals surface area contributed by atoms with Gasteiger partial charge in [0.1, 0.15) is 6.04 Å². The largest absolute Gasteiger partial charge is 0.465 e. The Hall–Kier alpha value is -1.10. The van der Waals surface area contributed by atoms with Gasteiger partial charge in [-0.2, -0.15) is 0 Å². The van der Waals surface area contributed by atoms with E-state index in [2.05, 4.69) is 0 Å². The van der Waals surface area contributed by atoms with E-state index in [4.69, 9.17) is 4.74 Å². The molecule has 1 heterocycles. The predicted octanol–water partition coefficient (Wildman–Crippen LogP) is 0.882. The van der Waals surface area contributed by atoms with Gasteiger partial charge in [0.25, 0.3) is 0 Å². The minimum absolute atomic E-state index is 0.109. The Kier molecular flexibility index (Phi) is 6.12. The number of carbonyl (C=O) groups is 2. The van der Waals surface area contributed by atoms with E-state index in [1.54, 1.807) is 18.9 Å². The van der Waals surface area contributed by atoms with Crippen molar-refractivity contribution >= 4 is 11.9 Å². The van der Waals surface area contributed by atoms with Crippen LogP contribution < -0.4 is 0 Å². The van der Waals surface area contributed by atoms with Crippen molar-refractivity contribution in [3.63, 3.8) is 0 Å². The maximum atomic E-state index is 12.0. The molecule has 0 aliphatic carbocycles. The summed E-state index contributed by atoms with van der Waals surface area (Å²) in [4.78, 5) is 27.4. The monoisotopic (exact) mass is 256 g/mol. The Morgan fingerprint density at radius 2 is 1.89 bits per heavy atom. The molecule has 0 aromatic rings. The molecule has 1 rings (SSSR count). The number of nitrogens with zero attached hydrogens (tertiary/aromatic N) is 2. The molecule has 0 saturated carbocycles. The second-order valence-electron chi connectivity index (χ2n) is 4.68. The highest BCUT2D eigenvalue weighted by molar-refractivity contribution is 5.80. The maximum absolute atomic E-state index is 12.0. The van der Waals surface area contributed by atoms with E-state index < -0.39 is 0 Å². The lowest BCUT2D eigenvalue weighted by atomic mass is 10.2. The molecule has 0 aromatic heterocycles. The number of likely N-dealkylation sites (tertiary alicyclic amines) is 1. The Labute approximate surface area is 109 Å². The SMILES string of the molecule is CCOC(=O)C(CC)N(C)CC(=O)N1CCCC1. The van der Waals surface area contributed by atoms with Crippen LogP contribution in [0.5, 0.6) is 0 Å². The summed E-state index contributed by atoms with van der Waals surface area (Å²) in [5.74, 6) is -0.130. The van der Waals surface area contributed by atoms with Crippen molar-refractivity contribution in [1.29, 1.82) is 0 Å². The number of amides is 1. The fourth-order valence-electron chi connectivity index (χ4n) is 2.29. The molecule has 1 aliphatic rings. The van der Waals surface area contributed by atoms with Crippen molar-refractivity contribution in [2.24, 2.45) is 0 Å². The summed E-state index contributed by atoms with van der Waals surface area (Å²) >= 11 is 0. The summed E-state index contributed by atoms with van der Waals surface area (Å²) in [6.45, 7) is 6.09. The second-order valence-corrected chi connectivity index (χ2v) is 4.68. The van der Waals surface area contributed by atoms with Crippen molar-refractivity contribution in [3.8, 4) is 0 Å². The van der Waals surface area contributed by atoms with Crippen molar-refractivity contribution in [2.45, 2.75) is 39.2 Å². The van der Waals surface area contributed by atoms with Crippen molar-refractivity contribution in [2.75, 3.05) is 33.3 Å². The first-order valence-electron chi connectivity index (χ1n) is 6.74. The topological polar surface area (TPSA) is 49.9 Å². The number of likely N-dealkylation sites (N-methyl/N-ethyl adjacent to an activating group) is 1. The molecule has 0 N–H and O–H groups in total. The van der Waals surface area contributed by atoms with Crippen molar-refractivity contribution < 1.29 is 14.3 Å². The van der Waals surface area contributed by atoms with Crippen LogP contribution in [0.15, 0.2) is 0 Å². The van der Waals surface area contributed by atoms with Gasteiger partial charge < -0.3 is 9.64 Å². The van der Waals surface area contributed by atoms with Gasteiger partial charge in [0.15, 0.2) is 0 Å². The van der Waals surface area contributed by atoms with Gasteiger partial charge in [-0.25, -0.2) is 0 Å². The van der Waals surface area contributed by atoms with Gasteiger partial charge in [-0.3, -0.25) is 14.5 Å². The summed E-state index contributed by atoms with van der Waals surface area (Å²) in [6, 6.07) is -0.323. The van der Waals surface area contributed by atoms with Crippen LogP contribution >= 0.6 is 0 Å². The van der Waals surface area contributed by atoms with E-state index in [0.29, 0.717) is 13.0 Å².